The average molecular weight is 934 g/mol. The molecular weight excluding hydrogens is 829 g/mol. The van der Waals surface area contributed by atoms with E-state index in [0.717, 1.165) is 119 Å². The monoisotopic (exact) mass is 933 g/mol. The topological polar surface area (TPSA) is 81.2 Å². The van der Waals surface area contributed by atoms with Crippen LogP contribution in [0.25, 0.3) is 0 Å². The molecule has 0 radical (unpaired) electrons. The molecular formula is C59H104N4O4. The van der Waals surface area contributed by atoms with Gasteiger partial charge in [0, 0.05) is 118 Å². The quantitative estimate of drug-likeness (QED) is 0.0882. The van der Waals surface area contributed by atoms with E-state index < -0.39 is 0 Å². The van der Waals surface area contributed by atoms with Crippen LogP contribution >= 0.6 is 0 Å². The summed E-state index contributed by atoms with van der Waals surface area (Å²) in [5, 5.41) is 0. The fourth-order valence-corrected chi connectivity index (χ4v) is 9.47. The van der Waals surface area contributed by atoms with Crippen LogP contribution in [0.4, 0.5) is 0 Å². The molecule has 0 saturated heterocycles. The van der Waals surface area contributed by atoms with E-state index in [0.29, 0.717) is 43.1 Å². The second-order valence-electron chi connectivity index (χ2n) is 24.2. The summed E-state index contributed by atoms with van der Waals surface area (Å²) < 4.78 is 0. The number of hydrogen-bond donors (Lipinski definition) is 0. The molecule has 0 amide bonds. The number of carbonyl (C=O) groups excluding carboxylic acids is 4. The second kappa shape index (κ2) is 27.7. The zero-order valence-corrected chi connectivity index (χ0v) is 45.9. The van der Waals surface area contributed by atoms with Gasteiger partial charge in [-0.25, -0.2) is 0 Å². The lowest BCUT2D eigenvalue weighted by molar-refractivity contribution is -0.118. The van der Waals surface area contributed by atoms with Crippen LogP contribution in [0.3, 0.4) is 0 Å². The number of unbranched alkanes of at least 4 members (excludes halogenated alkanes) is 2. The van der Waals surface area contributed by atoms with Crippen molar-refractivity contribution in [2.45, 2.75) is 209 Å². The molecule has 8 heteroatoms. The Labute approximate surface area is 413 Å². The largest absolute Gasteiger partial charge is 0.377 e. The highest BCUT2D eigenvalue weighted by atomic mass is 16.1. The van der Waals surface area contributed by atoms with E-state index in [1.165, 1.54) is 0 Å². The Morgan fingerprint density at radius 3 is 1.21 bits per heavy atom. The van der Waals surface area contributed by atoms with E-state index >= 15 is 0 Å². The lowest BCUT2D eigenvalue weighted by Gasteiger charge is -2.38. The summed E-state index contributed by atoms with van der Waals surface area (Å²) >= 11 is 0. The number of hydrogen-bond acceptors (Lipinski definition) is 8. The van der Waals surface area contributed by atoms with Crippen molar-refractivity contribution in [1.29, 1.82) is 0 Å². The average Bonchev–Trinajstić information content (AvgIpc) is 3.19. The van der Waals surface area contributed by atoms with E-state index in [2.05, 4.69) is 168 Å². The number of nitrogens with zero attached hydrogens (tertiary/aromatic N) is 4. The molecule has 0 aromatic heterocycles. The van der Waals surface area contributed by atoms with Gasteiger partial charge >= 0.3 is 0 Å². The predicted octanol–water partition coefficient (Wildman–Crippen LogP) is 14.0. The Hall–Kier alpha value is -3.42. The fourth-order valence-electron chi connectivity index (χ4n) is 9.47. The van der Waals surface area contributed by atoms with E-state index in [9.17, 15) is 19.2 Å². The summed E-state index contributed by atoms with van der Waals surface area (Å²) in [6.07, 6.45) is 22.1. The minimum Gasteiger partial charge on any atom is -0.377 e. The zero-order chi connectivity index (χ0) is 50.2. The molecule has 0 unspecified atom stereocenters. The van der Waals surface area contributed by atoms with Crippen LogP contribution in [-0.4, -0.2) is 94.6 Å². The van der Waals surface area contributed by atoms with Crippen molar-refractivity contribution in [3.05, 3.63) is 59.2 Å². The molecule has 0 aromatic carbocycles. The Balaban J connectivity index is 0.000000545. The third kappa shape index (κ3) is 20.6. The standard InChI is InChI=1S/C28H48N2O2.C17H29NO.C13H23NO.CH4/c1-21(2)17-29-15-13-27(5,6)23(19-29)25(31)11-9-10-12-26(32)24-20-30(18-22(3)4)16-14-28(24,7)8;1-6-7-8-9-10-16(19)15-13-18(14(2)3)12-11-17(15,4)5;1-10(2)8-14-7-6-13(4,5)12(9-14)11(3)15;/h19-22H,9-18H2,1-8H3;8-9,13-14H,6-7,10-12H2,1-5H3;9-10H,6-8H2,1-5H3;1H4/b;9-8+;;. The number of Topliss-reactive ketones (excluding diaryl/α,β-unsaturated/α-hetero) is 4. The van der Waals surface area contributed by atoms with Crippen molar-refractivity contribution < 1.29 is 19.2 Å². The van der Waals surface area contributed by atoms with E-state index in [4.69, 9.17) is 0 Å². The van der Waals surface area contributed by atoms with Gasteiger partial charge in [-0.2, -0.15) is 0 Å². The van der Waals surface area contributed by atoms with Crippen LogP contribution in [0, 0.1) is 39.4 Å². The Morgan fingerprint density at radius 2 is 0.866 bits per heavy atom. The molecule has 8 nitrogen and oxygen atoms in total. The van der Waals surface area contributed by atoms with Crippen LogP contribution in [-0.2, 0) is 19.2 Å². The molecule has 0 aliphatic carbocycles. The predicted molar refractivity (Wildman–Crippen MR) is 287 cm³/mol. The van der Waals surface area contributed by atoms with Gasteiger partial charge in [0.25, 0.3) is 0 Å². The molecule has 0 saturated carbocycles. The molecule has 0 fully saturated rings. The van der Waals surface area contributed by atoms with Crippen molar-refractivity contribution in [1.82, 2.24) is 19.6 Å². The first-order valence-corrected chi connectivity index (χ1v) is 26.2. The summed E-state index contributed by atoms with van der Waals surface area (Å²) in [5.41, 5.74) is 3.87. The van der Waals surface area contributed by atoms with Gasteiger partial charge in [-0.15, -0.1) is 0 Å². The van der Waals surface area contributed by atoms with E-state index in [1.807, 2.05) is 6.08 Å². The minimum atomic E-state index is -0.0583. The lowest BCUT2D eigenvalue weighted by atomic mass is 9.75. The highest BCUT2D eigenvalue weighted by molar-refractivity contribution is 5.98. The third-order valence-electron chi connectivity index (χ3n) is 13.9. The van der Waals surface area contributed by atoms with Gasteiger partial charge in [0.15, 0.2) is 23.1 Å². The van der Waals surface area contributed by atoms with Crippen LogP contribution in [0.5, 0.6) is 0 Å². The second-order valence-corrected chi connectivity index (χ2v) is 24.2. The van der Waals surface area contributed by atoms with Gasteiger partial charge in [0.05, 0.1) is 0 Å². The first-order valence-electron chi connectivity index (χ1n) is 26.2. The summed E-state index contributed by atoms with van der Waals surface area (Å²) in [7, 11) is 0. The van der Waals surface area contributed by atoms with Gasteiger partial charge in [0.2, 0.25) is 0 Å². The summed E-state index contributed by atoms with van der Waals surface area (Å²) in [4.78, 5) is 59.2. The normalized spacial score (nSPS) is 19.7. The number of allylic oxidation sites excluding steroid dienone is 6. The Morgan fingerprint density at radius 1 is 0.522 bits per heavy atom. The molecule has 0 aromatic rings. The van der Waals surface area contributed by atoms with Crippen molar-refractivity contribution >= 4 is 23.1 Å². The fraction of sp³-hybridized carbons (Fsp3) is 0.763. The molecule has 67 heavy (non-hydrogen) atoms. The molecule has 4 heterocycles. The van der Waals surface area contributed by atoms with Crippen molar-refractivity contribution in [2.75, 3.05) is 45.8 Å². The molecule has 384 valence electrons. The molecule has 0 atom stereocenters. The minimum absolute atomic E-state index is 0. The highest BCUT2D eigenvalue weighted by Crippen LogP contribution is 2.39. The molecule has 0 bridgehead atoms. The van der Waals surface area contributed by atoms with Crippen LogP contribution in [0.15, 0.2) is 59.2 Å². The van der Waals surface area contributed by atoms with Crippen LogP contribution in [0.2, 0.25) is 0 Å². The zero-order valence-electron chi connectivity index (χ0n) is 45.9. The van der Waals surface area contributed by atoms with Crippen LogP contribution < -0.4 is 0 Å². The van der Waals surface area contributed by atoms with Gasteiger partial charge in [-0.1, -0.05) is 130 Å². The number of ketones is 4. The van der Waals surface area contributed by atoms with Gasteiger partial charge in [-0.05, 0) is 105 Å². The SMILES string of the molecule is C.CC(=O)C1=CN(CC(C)C)CCC1(C)C.CC(C)CN1C=C(C(=O)CCCCC(=O)C2=CN(CC(C)C)CCC2(C)C)C(C)(C)CC1.CCC/C=C/CC(=O)C1=CN(C(C)C)CCC1(C)C. The Kier molecular flexibility index (Phi) is 25.5. The first kappa shape index (κ1) is 61.6. The van der Waals surface area contributed by atoms with Crippen molar-refractivity contribution in [2.24, 2.45) is 39.4 Å². The maximum atomic E-state index is 13.0. The first-order chi connectivity index (χ1) is 30.5. The number of carbonyl (C=O) groups is 4. The smallest absolute Gasteiger partial charge is 0.164 e. The highest BCUT2D eigenvalue weighted by Gasteiger charge is 2.36. The Bertz CT molecular complexity index is 1690. The third-order valence-corrected chi connectivity index (χ3v) is 13.9. The lowest BCUT2D eigenvalue weighted by Crippen LogP contribution is -2.38. The van der Waals surface area contributed by atoms with Gasteiger partial charge in [-0.3, -0.25) is 19.2 Å². The van der Waals surface area contributed by atoms with Crippen LogP contribution in [0.1, 0.15) is 203 Å². The summed E-state index contributed by atoms with van der Waals surface area (Å²) in [6.45, 7) is 46.1. The van der Waals surface area contributed by atoms with Crippen molar-refractivity contribution in [3.8, 4) is 0 Å². The molecule has 4 rings (SSSR count). The molecule has 0 spiro atoms. The number of rotatable bonds is 20. The van der Waals surface area contributed by atoms with Gasteiger partial charge < -0.3 is 19.6 Å². The van der Waals surface area contributed by atoms with E-state index in [-0.39, 0.29) is 52.2 Å². The maximum Gasteiger partial charge on any atom is 0.164 e. The molecule has 4 aliphatic heterocycles. The van der Waals surface area contributed by atoms with Crippen molar-refractivity contribution in [3.63, 3.8) is 0 Å². The summed E-state index contributed by atoms with van der Waals surface area (Å²) in [6, 6.07) is 0.467. The van der Waals surface area contributed by atoms with E-state index in [1.54, 1.807) is 6.92 Å². The van der Waals surface area contributed by atoms with Gasteiger partial charge in [0.1, 0.15) is 0 Å². The molecule has 4 aliphatic rings. The molecule has 0 N–H and O–H groups in total. The summed E-state index contributed by atoms with van der Waals surface area (Å²) in [5.74, 6) is 2.84. The maximum absolute atomic E-state index is 13.0.